The van der Waals surface area contributed by atoms with Gasteiger partial charge in [0.2, 0.25) is 6.41 Å². The number of carbonyl (C=O) groups excluding carboxylic acids is 2. The molecule has 0 atom stereocenters. The van der Waals surface area contributed by atoms with Gasteiger partial charge in [0.05, 0.1) is 23.9 Å². The number of aromatic nitrogens is 2. The fraction of sp³-hybridized carbons (Fsp3) is 0.455. The SMILES string of the molecule is CCOC(=O)c1c(N)sc2c1CCCC2.NC=O.O=c1[nH]cnc2sc3c(c12)CCCC3. The van der Waals surface area contributed by atoms with Crippen molar-refractivity contribution < 1.29 is 14.3 Å². The van der Waals surface area contributed by atoms with Gasteiger partial charge in [-0.1, -0.05) is 0 Å². The number of anilines is 1. The third kappa shape index (κ3) is 5.18. The van der Waals surface area contributed by atoms with E-state index in [2.05, 4.69) is 15.7 Å². The summed E-state index contributed by atoms with van der Waals surface area (Å²) in [7, 11) is 0. The Morgan fingerprint density at radius 3 is 2.38 bits per heavy atom. The molecule has 0 radical (unpaired) electrons. The van der Waals surface area contributed by atoms with E-state index in [9.17, 15) is 9.59 Å². The minimum absolute atomic E-state index is 0.0226. The van der Waals surface area contributed by atoms with E-state index < -0.39 is 0 Å². The molecular formula is C22H28N4O4S2. The lowest BCUT2D eigenvalue weighted by Crippen LogP contribution is -2.10. The van der Waals surface area contributed by atoms with Crippen LogP contribution in [0, 0.1) is 0 Å². The highest BCUT2D eigenvalue weighted by molar-refractivity contribution is 7.18. The number of nitrogens with zero attached hydrogens (tertiary/aromatic N) is 1. The van der Waals surface area contributed by atoms with E-state index >= 15 is 0 Å². The van der Waals surface area contributed by atoms with Gasteiger partial charge in [-0.3, -0.25) is 9.59 Å². The van der Waals surface area contributed by atoms with Crippen molar-refractivity contribution in [3.05, 3.63) is 43.1 Å². The smallest absolute Gasteiger partial charge is 0.341 e. The first-order valence-electron chi connectivity index (χ1n) is 10.7. The average Bonchev–Trinajstić information content (AvgIpc) is 3.32. The van der Waals surface area contributed by atoms with Gasteiger partial charge in [-0.2, -0.15) is 0 Å². The van der Waals surface area contributed by atoms with Crippen molar-refractivity contribution in [3.63, 3.8) is 0 Å². The van der Waals surface area contributed by atoms with Crippen molar-refractivity contribution in [2.24, 2.45) is 5.73 Å². The number of fused-ring (bicyclic) bond motifs is 4. The van der Waals surface area contributed by atoms with Crippen molar-refractivity contribution in [1.29, 1.82) is 0 Å². The highest BCUT2D eigenvalue weighted by atomic mass is 32.1. The number of aryl methyl sites for hydroxylation is 3. The number of nitrogens with one attached hydrogen (secondary N) is 1. The summed E-state index contributed by atoms with van der Waals surface area (Å²) < 4.78 is 5.02. The summed E-state index contributed by atoms with van der Waals surface area (Å²) in [6, 6.07) is 0. The number of nitrogen functional groups attached to an aromatic ring is 1. The summed E-state index contributed by atoms with van der Waals surface area (Å²) in [6.07, 6.45) is 10.7. The van der Waals surface area contributed by atoms with E-state index in [0.29, 0.717) is 17.2 Å². The van der Waals surface area contributed by atoms with Crippen LogP contribution in [0.3, 0.4) is 0 Å². The predicted octanol–water partition coefficient (Wildman–Crippen LogP) is 3.35. The number of ether oxygens (including phenoxy) is 1. The lowest BCUT2D eigenvalue weighted by molar-refractivity contribution is -0.106. The normalized spacial score (nSPS) is 14.2. The molecule has 5 rings (SSSR count). The number of aromatic amines is 1. The molecule has 0 aliphatic heterocycles. The monoisotopic (exact) mass is 476 g/mol. The van der Waals surface area contributed by atoms with Gasteiger partial charge in [0.25, 0.3) is 5.56 Å². The molecule has 3 heterocycles. The van der Waals surface area contributed by atoms with Crippen LogP contribution in [0.4, 0.5) is 5.00 Å². The van der Waals surface area contributed by atoms with Crippen molar-refractivity contribution in [2.75, 3.05) is 12.3 Å². The molecule has 0 bridgehead atoms. The van der Waals surface area contributed by atoms with Crippen molar-refractivity contribution >= 4 is 50.3 Å². The molecule has 0 saturated carbocycles. The Kier molecular flexibility index (Phi) is 8.40. The Morgan fingerprint density at radius 2 is 1.72 bits per heavy atom. The van der Waals surface area contributed by atoms with Gasteiger partial charge < -0.3 is 21.2 Å². The molecule has 1 amide bonds. The number of hydrogen-bond acceptors (Lipinski definition) is 8. The lowest BCUT2D eigenvalue weighted by Gasteiger charge is -2.11. The molecule has 3 aromatic rings. The van der Waals surface area contributed by atoms with E-state index in [0.717, 1.165) is 47.9 Å². The highest BCUT2D eigenvalue weighted by Gasteiger charge is 2.24. The molecule has 0 spiro atoms. The summed E-state index contributed by atoms with van der Waals surface area (Å²) in [4.78, 5) is 42.3. The van der Waals surface area contributed by atoms with Crippen molar-refractivity contribution in [3.8, 4) is 0 Å². The molecule has 0 aromatic carbocycles. The summed E-state index contributed by atoms with van der Waals surface area (Å²) >= 11 is 3.23. The maximum atomic E-state index is 11.7. The zero-order chi connectivity index (χ0) is 23.1. The van der Waals surface area contributed by atoms with E-state index in [1.165, 1.54) is 40.9 Å². The van der Waals surface area contributed by atoms with Gasteiger partial charge in [-0.05, 0) is 69.4 Å². The zero-order valence-electron chi connectivity index (χ0n) is 18.1. The molecule has 2 aliphatic carbocycles. The molecule has 8 nitrogen and oxygen atoms in total. The van der Waals surface area contributed by atoms with Crippen LogP contribution in [0.25, 0.3) is 10.2 Å². The van der Waals surface area contributed by atoms with Crippen LogP contribution in [0.15, 0.2) is 11.1 Å². The van der Waals surface area contributed by atoms with Gasteiger partial charge in [0.15, 0.2) is 0 Å². The second-order valence-electron chi connectivity index (χ2n) is 7.43. The van der Waals surface area contributed by atoms with E-state index in [-0.39, 0.29) is 17.9 Å². The number of H-pyrrole nitrogens is 1. The minimum atomic E-state index is -0.255. The van der Waals surface area contributed by atoms with Crippen LogP contribution in [0.2, 0.25) is 0 Å². The molecule has 0 unspecified atom stereocenters. The number of carbonyl (C=O) groups is 2. The number of primary amides is 1. The van der Waals surface area contributed by atoms with Crippen LogP contribution >= 0.6 is 22.7 Å². The fourth-order valence-electron chi connectivity index (χ4n) is 4.11. The first-order chi connectivity index (χ1) is 15.5. The van der Waals surface area contributed by atoms with E-state index in [1.54, 1.807) is 22.7 Å². The molecule has 3 aromatic heterocycles. The Labute approximate surface area is 194 Å². The summed E-state index contributed by atoms with van der Waals surface area (Å²) in [5.41, 5.74) is 13.1. The van der Waals surface area contributed by atoms with Crippen molar-refractivity contribution in [2.45, 2.75) is 58.3 Å². The fourth-order valence-corrected chi connectivity index (χ4v) is 6.49. The largest absolute Gasteiger partial charge is 0.462 e. The first kappa shape index (κ1) is 23.9. The number of amides is 1. The standard InChI is InChI=1S/C11H15NO2S.C10H10N2OS.CH3NO/c1-2-14-11(13)9-7-5-3-4-6-8(7)15-10(9)12;13-9-8-6-3-1-2-4-7(6)14-10(8)12-5-11-9;2-1-3/h2-6,12H2,1H3;5H,1-4H2,(H,11,12,13);1H,(H2,2,3). The second kappa shape index (κ2) is 11.2. The second-order valence-corrected chi connectivity index (χ2v) is 9.65. The molecule has 10 heteroatoms. The molecule has 0 saturated heterocycles. The molecular weight excluding hydrogens is 448 g/mol. The van der Waals surface area contributed by atoms with E-state index in [1.807, 2.05) is 6.92 Å². The van der Waals surface area contributed by atoms with Gasteiger partial charge in [-0.15, -0.1) is 22.7 Å². The third-order valence-corrected chi connectivity index (χ3v) is 7.76. The number of rotatable bonds is 2. The number of esters is 1. The zero-order valence-corrected chi connectivity index (χ0v) is 19.7. The van der Waals surface area contributed by atoms with Crippen LogP contribution in [0.1, 0.15) is 63.8 Å². The highest BCUT2D eigenvalue weighted by Crippen LogP contribution is 2.36. The Balaban J connectivity index is 0.000000161. The van der Waals surface area contributed by atoms with Gasteiger partial charge in [-0.25, -0.2) is 9.78 Å². The van der Waals surface area contributed by atoms with Crippen LogP contribution in [-0.4, -0.2) is 29.0 Å². The number of nitrogens with two attached hydrogens (primary N) is 2. The topological polar surface area (TPSA) is 141 Å². The van der Waals surface area contributed by atoms with Gasteiger partial charge >= 0.3 is 5.97 Å². The maximum Gasteiger partial charge on any atom is 0.341 e. The first-order valence-corrected chi connectivity index (χ1v) is 12.4. The number of thiophene rings is 2. The Bertz CT molecular complexity index is 1150. The summed E-state index contributed by atoms with van der Waals surface area (Å²) in [6.45, 7) is 2.22. The third-order valence-electron chi connectivity index (χ3n) is 5.44. The molecule has 2 aliphatic rings. The Morgan fingerprint density at radius 1 is 1.12 bits per heavy atom. The van der Waals surface area contributed by atoms with Gasteiger partial charge in [0, 0.05) is 9.75 Å². The quantitative estimate of drug-likeness (QED) is 0.382. The van der Waals surface area contributed by atoms with Crippen LogP contribution in [-0.2, 0) is 35.2 Å². The molecule has 0 fully saturated rings. The number of hydrogen-bond donors (Lipinski definition) is 3. The maximum absolute atomic E-state index is 11.7. The summed E-state index contributed by atoms with van der Waals surface area (Å²) in [5, 5.41) is 1.47. The lowest BCUT2D eigenvalue weighted by atomic mass is 9.95. The van der Waals surface area contributed by atoms with Crippen molar-refractivity contribution in [1.82, 2.24) is 9.97 Å². The van der Waals surface area contributed by atoms with Crippen LogP contribution in [0.5, 0.6) is 0 Å². The molecule has 32 heavy (non-hydrogen) atoms. The predicted molar refractivity (Wildman–Crippen MR) is 128 cm³/mol. The summed E-state index contributed by atoms with van der Waals surface area (Å²) in [5.74, 6) is -0.255. The molecule has 5 N–H and O–H groups in total. The Hall–Kier alpha value is -2.72. The van der Waals surface area contributed by atoms with E-state index in [4.69, 9.17) is 15.3 Å². The average molecular weight is 477 g/mol. The minimum Gasteiger partial charge on any atom is -0.462 e. The van der Waals surface area contributed by atoms with Crippen LogP contribution < -0.4 is 17.0 Å². The molecule has 172 valence electrons. The van der Waals surface area contributed by atoms with Gasteiger partial charge in [0.1, 0.15) is 9.83 Å².